The molecule has 0 bridgehead atoms. The van der Waals surface area contributed by atoms with Gasteiger partial charge in [0.2, 0.25) is 0 Å². The number of rotatable bonds is 6. The van der Waals surface area contributed by atoms with Crippen LogP contribution in [0.3, 0.4) is 0 Å². The van der Waals surface area contributed by atoms with Gasteiger partial charge < -0.3 is 5.73 Å². The predicted molar refractivity (Wildman–Crippen MR) is 88.1 cm³/mol. The van der Waals surface area contributed by atoms with Gasteiger partial charge in [-0.05, 0) is 45.2 Å². The van der Waals surface area contributed by atoms with Gasteiger partial charge in [-0.1, -0.05) is 26.7 Å². The second kappa shape index (κ2) is 6.93. The van der Waals surface area contributed by atoms with Gasteiger partial charge in [0.15, 0.2) is 0 Å². The first-order valence-corrected chi connectivity index (χ1v) is 8.46. The van der Waals surface area contributed by atoms with Crippen LogP contribution in [0.2, 0.25) is 0 Å². The minimum absolute atomic E-state index is 0.165. The van der Waals surface area contributed by atoms with Crippen molar-refractivity contribution in [2.45, 2.75) is 71.0 Å². The molecular weight excluding hydrogens is 260 g/mol. The van der Waals surface area contributed by atoms with Gasteiger partial charge in [-0.2, -0.15) is 5.10 Å². The lowest BCUT2D eigenvalue weighted by Crippen LogP contribution is -2.54. The first kappa shape index (κ1) is 16.5. The van der Waals surface area contributed by atoms with Gasteiger partial charge in [0.05, 0.1) is 5.69 Å². The molecular formula is C17H32N4. The molecule has 120 valence electrons. The molecule has 2 N–H and O–H groups in total. The van der Waals surface area contributed by atoms with Crippen LogP contribution < -0.4 is 5.73 Å². The van der Waals surface area contributed by atoms with Gasteiger partial charge in [-0.3, -0.25) is 9.58 Å². The van der Waals surface area contributed by atoms with Crippen LogP contribution in [0.4, 0.5) is 0 Å². The minimum atomic E-state index is 0.165. The number of likely N-dealkylation sites (N-methyl/N-ethyl adjacent to an activating group) is 1. The SMILES string of the molecule is CCC(C)n1ccc(CN(C)C2(CN)CCCC(C)C2)n1. The summed E-state index contributed by atoms with van der Waals surface area (Å²) in [6.07, 6.45) is 8.29. The molecule has 1 aliphatic rings. The zero-order chi connectivity index (χ0) is 15.5. The van der Waals surface area contributed by atoms with Gasteiger partial charge in [-0.15, -0.1) is 0 Å². The Morgan fingerprint density at radius 2 is 2.33 bits per heavy atom. The van der Waals surface area contributed by atoms with E-state index >= 15 is 0 Å². The number of hydrogen-bond acceptors (Lipinski definition) is 3. The largest absolute Gasteiger partial charge is 0.329 e. The van der Waals surface area contributed by atoms with Crippen molar-refractivity contribution < 1.29 is 0 Å². The third kappa shape index (κ3) is 3.67. The number of nitrogens with zero attached hydrogens (tertiary/aromatic N) is 3. The van der Waals surface area contributed by atoms with E-state index in [-0.39, 0.29) is 5.54 Å². The molecule has 4 heteroatoms. The Labute approximate surface area is 129 Å². The highest BCUT2D eigenvalue weighted by molar-refractivity contribution is 5.03. The van der Waals surface area contributed by atoms with Crippen molar-refractivity contribution in [3.8, 4) is 0 Å². The van der Waals surface area contributed by atoms with E-state index in [1.165, 1.54) is 25.7 Å². The van der Waals surface area contributed by atoms with E-state index in [4.69, 9.17) is 10.8 Å². The first-order chi connectivity index (χ1) is 10.0. The Bertz CT molecular complexity index is 442. The smallest absolute Gasteiger partial charge is 0.0764 e. The lowest BCUT2D eigenvalue weighted by Gasteiger charge is -2.46. The molecule has 3 atom stereocenters. The standard InChI is InChI=1S/C17H32N4/c1-5-15(3)21-10-8-16(19-21)12-20(4)17(13-18)9-6-7-14(2)11-17/h8,10,14-15H,5-7,9,11-13,18H2,1-4H3. The molecule has 21 heavy (non-hydrogen) atoms. The quantitative estimate of drug-likeness (QED) is 0.876. The Morgan fingerprint density at radius 3 is 2.95 bits per heavy atom. The second-order valence-electron chi connectivity index (χ2n) is 7.03. The van der Waals surface area contributed by atoms with Crippen molar-refractivity contribution >= 4 is 0 Å². The third-order valence-corrected chi connectivity index (χ3v) is 5.36. The van der Waals surface area contributed by atoms with Crippen molar-refractivity contribution in [1.82, 2.24) is 14.7 Å². The van der Waals surface area contributed by atoms with Crippen molar-refractivity contribution in [2.75, 3.05) is 13.6 Å². The van der Waals surface area contributed by atoms with Gasteiger partial charge >= 0.3 is 0 Å². The summed E-state index contributed by atoms with van der Waals surface area (Å²) in [5, 5.41) is 4.73. The van der Waals surface area contributed by atoms with E-state index in [0.717, 1.165) is 31.1 Å². The topological polar surface area (TPSA) is 47.1 Å². The van der Waals surface area contributed by atoms with E-state index in [1.54, 1.807) is 0 Å². The minimum Gasteiger partial charge on any atom is -0.329 e. The molecule has 0 saturated heterocycles. The molecule has 0 spiro atoms. The fourth-order valence-corrected chi connectivity index (χ4v) is 3.63. The van der Waals surface area contributed by atoms with Crippen LogP contribution in [0.5, 0.6) is 0 Å². The summed E-state index contributed by atoms with van der Waals surface area (Å²) in [6.45, 7) is 8.41. The predicted octanol–water partition coefficient (Wildman–Crippen LogP) is 3.19. The van der Waals surface area contributed by atoms with E-state index < -0.39 is 0 Å². The second-order valence-corrected chi connectivity index (χ2v) is 7.03. The Kier molecular flexibility index (Phi) is 5.44. The highest BCUT2D eigenvalue weighted by Gasteiger charge is 2.37. The zero-order valence-corrected chi connectivity index (χ0v) is 14.2. The molecule has 1 aromatic rings. The Morgan fingerprint density at radius 1 is 1.57 bits per heavy atom. The average molecular weight is 292 g/mol. The third-order valence-electron chi connectivity index (χ3n) is 5.36. The van der Waals surface area contributed by atoms with Crippen LogP contribution in [0, 0.1) is 5.92 Å². The molecule has 1 aliphatic carbocycles. The van der Waals surface area contributed by atoms with Crippen molar-refractivity contribution in [2.24, 2.45) is 11.7 Å². The molecule has 0 aromatic carbocycles. The zero-order valence-electron chi connectivity index (χ0n) is 14.2. The summed E-state index contributed by atoms with van der Waals surface area (Å²) in [5.74, 6) is 0.780. The number of nitrogens with two attached hydrogens (primary N) is 1. The van der Waals surface area contributed by atoms with E-state index in [2.05, 4.69) is 49.7 Å². The van der Waals surface area contributed by atoms with Gasteiger partial charge in [0.1, 0.15) is 0 Å². The van der Waals surface area contributed by atoms with E-state index in [1.807, 2.05) is 0 Å². The lowest BCUT2D eigenvalue weighted by molar-refractivity contribution is 0.0543. The number of aromatic nitrogens is 2. The summed E-state index contributed by atoms with van der Waals surface area (Å²) < 4.78 is 2.09. The molecule has 1 heterocycles. The molecule has 0 amide bonds. The Balaban J connectivity index is 2.05. The van der Waals surface area contributed by atoms with Crippen molar-refractivity contribution in [3.05, 3.63) is 18.0 Å². The van der Waals surface area contributed by atoms with Crippen LogP contribution in [-0.4, -0.2) is 33.8 Å². The molecule has 0 radical (unpaired) electrons. The van der Waals surface area contributed by atoms with Gasteiger partial charge in [0, 0.05) is 30.9 Å². The van der Waals surface area contributed by atoms with Crippen LogP contribution in [0.15, 0.2) is 12.3 Å². The molecule has 0 aliphatic heterocycles. The fourth-order valence-electron chi connectivity index (χ4n) is 3.63. The maximum atomic E-state index is 6.16. The summed E-state index contributed by atoms with van der Waals surface area (Å²) in [5.41, 5.74) is 7.48. The van der Waals surface area contributed by atoms with Crippen LogP contribution in [-0.2, 0) is 6.54 Å². The van der Waals surface area contributed by atoms with Crippen LogP contribution in [0.25, 0.3) is 0 Å². The maximum absolute atomic E-state index is 6.16. The lowest BCUT2D eigenvalue weighted by atomic mass is 9.75. The van der Waals surface area contributed by atoms with Gasteiger partial charge in [0.25, 0.3) is 0 Å². The summed E-state index contributed by atoms with van der Waals surface area (Å²) in [4.78, 5) is 2.45. The van der Waals surface area contributed by atoms with Crippen LogP contribution in [0.1, 0.15) is 64.6 Å². The number of hydrogen-bond donors (Lipinski definition) is 1. The normalized spacial score (nSPS) is 28.0. The van der Waals surface area contributed by atoms with Gasteiger partial charge in [-0.25, -0.2) is 0 Å². The Hall–Kier alpha value is -0.870. The molecule has 1 aromatic heterocycles. The highest BCUT2D eigenvalue weighted by atomic mass is 15.3. The summed E-state index contributed by atoms with van der Waals surface area (Å²) in [7, 11) is 2.22. The molecule has 3 unspecified atom stereocenters. The van der Waals surface area contributed by atoms with E-state index in [0.29, 0.717) is 6.04 Å². The van der Waals surface area contributed by atoms with Crippen molar-refractivity contribution in [1.29, 1.82) is 0 Å². The van der Waals surface area contributed by atoms with Crippen LogP contribution >= 0.6 is 0 Å². The fraction of sp³-hybridized carbons (Fsp3) is 0.824. The molecule has 1 fully saturated rings. The molecule has 2 rings (SSSR count). The van der Waals surface area contributed by atoms with Crippen molar-refractivity contribution in [3.63, 3.8) is 0 Å². The monoisotopic (exact) mass is 292 g/mol. The molecule has 4 nitrogen and oxygen atoms in total. The average Bonchev–Trinajstić information content (AvgIpc) is 2.94. The summed E-state index contributed by atoms with van der Waals surface area (Å²) in [6, 6.07) is 2.63. The first-order valence-electron chi connectivity index (χ1n) is 8.46. The van der Waals surface area contributed by atoms with E-state index in [9.17, 15) is 0 Å². The highest BCUT2D eigenvalue weighted by Crippen LogP contribution is 2.36. The summed E-state index contributed by atoms with van der Waals surface area (Å²) >= 11 is 0. The maximum Gasteiger partial charge on any atom is 0.0764 e. The molecule has 1 saturated carbocycles.